The van der Waals surface area contributed by atoms with E-state index in [1.54, 1.807) is 0 Å². The number of hydrogen-bond acceptors (Lipinski definition) is 1. The minimum absolute atomic E-state index is 0.648. The molecule has 0 unspecified atom stereocenters. The maximum absolute atomic E-state index is 5.05. The highest BCUT2D eigenvalue weighted by molar-refractivity contribution is 7.80. The lowest BCUT2D eigenvalue weighted by molar-refractivity contribution is -0.364. The maximum atomic E-state index is 5.05. The minimum atomic E-state index is 0.648. The van der Waals surface area contributed by atoms with E-state index in [9.17, 15) is 0 Å². The molecule has 13 heavy (non-hydrogen) atoms. The minimum Gasteiger partial charge on any atom is -0.357 e. The van der Waals surface area contributed by atoms with Gasteiger partial charge in [0.2, 0.25) is 0 Å². The lowest BCUT2D eigenvalue weighted by Crippen LogP contribution is -2.55. The van der Waals surface area contributed by atoms with E-state index in [0.717, 1.165) is 18.8 Å². The third-order valence-corrected chi connectivity index (χ3v) is 1.74. The van der Waals surface area contributed by atoms with Gasteiger partial charge in [0.05, 0.1) is 13.1 Å². The van der Waals surface area contributed by atoms with E-state index in [0.29, 0.717) is 5.11 Å². The molecule has 0 amide bonds. The van der Waals surface area contributed by atoms with Gasteiger partial charge in [0.25, 0.3) is 0 Å². The maximum Gasteiger partial charge on any atom is 0.170 e. The van der Waals surface area contributed by atoms with Crippen molar-refractivity contribution in [1.29, 1.82) is 0 Å². The standard InChI is InChI=1S/C9H13N3S/c10-6-7-11-9(13)12-8-4-2-1-3-5-8/h1-5H,6-7,10H2,(H2,11,12,13)/p+1. The first kappa shape index (κ1) is 9.95. The molecule has 0 heterocycles. The Morgan fingerprint density at radius 2 is 2.00 bits per heavy atom. The molecule has 0 radical (unpaired) electrons. The van der Waals surface area contributed by atoms with Gasteiger partial charge in [-0.05, 0) is 24.4 Å². The fourth-order valence-corrected chi connectivity index (χ4v) is 1.12. The van der Waals surface area contributed by atoms with Gasteiger partial charge in [0.1, 0.15) is 0 Å². The van der Waals surface area contributed by atoms with E-state index in [1.807, 2.05) is 30.3 Å². The summed E-state index contributed by atoms with van der Waals surface area (Å²) in [6.45, 7) is 1.63. The van der Waals surface area contributed by atoms with E-state index in [2.05, 4.69) is 16.4 Å². The van der Waals surface area contributed by atoms with Crippen LogP contribution in [0.25, 0.3) is 0 Å². The number of rotatable bonds is 3. The van der Waals surface area contributed by atoms with Crippen LogP contribution in [0.15, 0.2) is 30.3 Å². The van der Waals surface area contributed by atoms with Gasteiger partial charge in [-0.1, -0.05) is 18.2 Å². The second-order valence-electron chi connectivity index (χ2n) is 2.60. The molecule has 5 N–H and O–H groups in total. The molecule has 4 heteroatoms. The van der Waals surface area contributed by atoms with Crippen LogP contribution in [0.3, 0.4) is 0 Å². The van der Waals surface area contributed by atoms with Crippen molar-refractivity contribution in [2.75, 3.05) is 18.4 Å². The van der Waals surface area contributed by atoms with Crippen LogP contribution in [0.4, 0.5) is 5.69 Å². The highest BCUT2D eigenvalue weighted by Crippen LogP contribution is 2.03. The largest absolute Gasteiger partial charge is 0.357 e. The van der Waals surface area contributed by atoms with Crippen molar-refractivity contribution >= 4 is 23.0 Å². The summed E-state index contributed by atoms with van der Waals surface area (Å²) in [5.41, 5.74) is 4.72. The van der Waals surface area contributed by atoms with Gasteiger partial charge in [0.15, 0.2) is 5.11 Å². The Balaban J connectivity index is 2.37. The Hall–Kier alpha value is -1.13. The van der Waals surface area contributed by atoms with Gasteiger partial charge >= 0.3 is 0 Å². The number of thiocarbonyl (C=S) groups is 1. The van der Waals surface area contributed by atoms with Crippen molar-refractivity contribution < 1.29 is 5.73 Å². The van der Waals surface area contributed by atoms with Gasteiger partial charge in [-0.2, -0.15) is 0 Å². The summed E-state index contributed by atoms with van der Waals surface area (Å²) in [6.07, 6.45) is 0. The Kier molecular flexibility index (Phi) is 4.21. The molecule has 1 rings (SSSR count). The second kappa shape index (κ2) is 5.50. The van der Waals surface area contributed by atoms with Gasteiger partial charge in [-0.3, -0.25) is 0 Å². The quantitative estimate of drug-likeness (QED) is 0.606. The molecular formula is C9H14N3S+. The van der Waals surface area contributed by atoms with E-state index in [1.165, 1.54) is 0 Å². The van der Waals surface area contributed by atoms with Crippen molar-refractivity contribution in [1.82, 2.24) is 5.32 Å². The Bertz CT molecular complexity index is 261. The molecule has 0 saturated carbocycles. The van der Waals surface area contributed by atoms with Gasteiger partial charge < -0.3 is 16.4 Å². The van der Waals surface area contributed by atoms with E-state index in [4.69, 9.17) is 12.2 Å². The number of nitrogens with one attached hydrogen (secondary N) is 2. The molecule has 0 aromatic heterocycles. The third kappa shape index (κ3) is 3.87. The van der Waals surface area contributed by atoms with Crippen molar-refractivity contribution in [3.63, 3.8) is 0 Å². The SMILES string of the molecule is [NH3+]CCNC(=S)Nc1ccccc1. The monoisotopic (exact) mass is 196 g/mol. The lowest BCUT2D eigenvalue weighted by Gasteiger charge is -2.08. The van der Waals surface area contributed by atoms with Crippen molar-refractivity contribution in [3.05, 3.63) is 30.3 Å². The second-order valence-corrected chi connectivity index (χ2v) is 3.01. The van der Waals surface area contributed by atoms with Gasteiger partial charge in [0, 0.05) is 5.69 Å². The number of para-hydroxylation sites is 1. The summed E-state index contributed by atoms with van der Waals surface area (Å²) < 4.78 is 0. The van der Waals surface area contributed by atoms with E-state index >= 15 is 0 Å². The molecule has 0 aliphatic heterocycles. The molecule has 1 aromatic rings. The molecule has 0 fully saturated rings. The molecule has 0 atom stereocenters. The summed E-state index contributed by atoms with van der Waals surface area (Å²) in [5, 5.41) is 6.76. The molecule has 70 valence electrons. The fourth-order valence-electron chi connectivity index (χ4n) is 0.899. The summed E-state index contributed by atoms with van der Waals surface area (Å²) in [5.74, 6) is 0. The Labute approximate surface area is 83.3 Å². The van der Waals surface area contributed by atoms with Crippen LogP contribution in [0.5, 0.6) is 0 Å². The van der Waals surface area contributed by atoms with Crippen LogP contribution < -0.4 is 16.4 Å². The van der Waals surface area contributed by atoms with E-state index in [-0.39, 0.29) is 0 Å². The van der Waals surface area contributed by atoms with Crippen LogP contribution >= 0.6 is 12.2 Å². The van der Waals surface area contributed by atoms with Gasteiger partial charge in [-0.25, -0.2) is 0 Å². The predicted octanol–water partition coefficient (Wildman–Crippen LogP) is 0.215. The number of benzene rings is 1. The van der Waals surface area contributed by atoms with Crippen LogP contribution in [-0.2, 0) is 0 Å². The highest BCUT2D eigenvalue weighted by Gasteiger charge is 1.94. The molecule has 0 bridgehead atoms. The number of hydrogen-bond donors (Lipinski definition) is 3. The summed E-state index contributed by atoms with van der Waals surface area (Å²) in [7, 11) is 0. The van der Waals surface area contributed by atoms with E-state index < -0.39 is 0 Å². The lowest BCUT2D eigenvalue weighted by atomic mass is 10.3. The van der Waals surface area contributed by atoms with Crippen LogP contribution in [0, 0.1) is 0 Å². The number of quaternary nitrogens is 1. The van der Waals surface area contributed by atoms with Crippen LogP contribution in [0.2, 0.25) is 0 Å². The predicted molar refractivity (Wildman–Crippen MR) is 58.4 cm³/mol. The third-order valence-electron chi connectivity index (χ3n) is 1.49. The molecule has 0 saturated heterocycles. The van der Waals surface area contributed by atoms with Crippen molar-refractivity contribution in [3.8, 4) is 0 Å². The first-order valence-electron chi connectivity index (χ1n) is 4.22. The number of anilines is 1. The molecular weight excluding hydrogens is 182 g/mol. The highest BCUT2D eigenvalue weighted by atomic mass is 32.1. The zero-order valence-electron chi connectivity index (χ0n) is 7.42. The van der Waals surface area contributed by atoms with Crippen LogP contribution in [0.1, 0.15) is 0 Å². The van der Waals surface area contributed by atoms with Crippen LogP contribution in [-0.4, -0.2) is 18.2 Å². The van der Waals surface area contributed by atoms with Gasteiger partial charge in [-0.15, -0.1) is 0 Å². The molecule has 1 aromatic carbocycles. The van der Waals surface area contributed by atoms with Crippen molar-refractivity contribution in [2.45, 2.75) is 0 Å². The smallest absolute Gasteiger partial charge is 0.170 e. The molecule has 0 aliphatic rings. The Morgan fingerprint density at radius 1 is 1.31 bits per heavy atom. The molecule has 0 aliphatic carbocycles. The average Bonchev–Trinajstić information content (AvgIpc) is 2.16. The summed E-state index contributed by atoms with van der Waals surface area (Å²) in [4.78, 5) is 0. The summed E-state index contributed by atoms with van der Waals surface area (Å²) in [6, 6.07) is 9.84. The zero-order valence-corrected chi connectivity index (χ0v) is 8.23. The average molecular weight is 196 g/mol. The first-order valence-corrected chi connectivity index (χ1v) is 4.63. The normalized spacial score (nSPS) is 9.31. The summed E-state index contributed by atoms with van der Waals surface area (Å²) >= 11 is 5.05. The zero-order chi connectivity index (χ0) is 9.52. The fraction of sp³-hybridized carbons (Fsp3) is 0.222. The Morgan fingerprint density at radius 3 is 2.62 bits per heavy atom. The first-order chi connectivity index (χ1) is 6.33. The van der Waals surface area contributed by atoms with Crippen molar-refractivity contribution in [2.24, 2.45) is 0 Å². The molecule has 3 nitrogen and oxygen atoms in total. The molecule has 0 spiro atoms. The topological polar surface area (TPSA) is 51.7 Å².